The summed E-state index contributed by atoms with van der Waals surface area (Å²) in [5.41, 5.74) is 6.02. The van der Waals surface area contributed by atoms with E-state index in [-0.39, 0.29) is 0 Å². The first-order valence-corrected chi connectivity index (χ1v) is 12.4. The van der Waals surface area contributed by atoms with E-state index in [1.54, 1.807) is 0 Å². The Bertz CT molecular complexity index is 2090. The zero-order valence-corrected chi connectivity index (χ0v) is 19.6. The van der Waals surface area contributed by atoms with E-state index in [0.717, 1.165) is 0 Å². The number of benzene rings is 6. The van der Waals surface area contributed by atoms with Crippen molar-refractivity contribution in [2.24, 2.45) is 0 Å². The highest BCUT2D eigenvalue weighted by Gasteiger charge is 2.15. The first-order chi connectivity index (χ1) is 17.8. The average molecular weight is 459 g/mol. The third-order valence-electron chi connectivity index (χ3n) is 7.46. The fraction of sp³-hybridized carbons (Fsp3) is 0. The second-order valence-electron chi connectivity index (χ2n) is 9.53. The van der Waals surface area contributed by atoms with Gasteiger partial charge >= 0.3 is 0 Å². The van der Waals surface area contributed by atoms with Gasteiger partial charge in [-0.05, 0) is 82.2 Å². The summed E-state index contributed by atoms with van der Waals surface area (Å²) in [6.07, 6.45) is 2.17. The Labute approximate surface area is 208 Å². The highest BCUT2D eigenvalue weighted by molar-refractivity contribution is 6.13. The molecule has 0 saturated heterocycles. The van der Waals surface area contributed by atoms with Gasteiger partial charge in [0, 0.05) is 33.7 Å². The van der Waals surface area contributed by atoms with Gasteiger partial charge in [-0.3, -0.25) is 0 Å². The molecule has 0 unspecified atom stereocenters. The lowest BCUT2D eigenvalue weighted by Gasteiger charge is -2.11. The summed E-state index contributed by atoms with van der Waals surface area (Å²) < 4.78 is 4.70. The zero-order valence-electron chi connectivity index (χ0n) is 19.6. The fourth-order valence-corrected chi connectivity index (χ4v) is 5.76. The maximum Gasteiger partial charge on any atom is 0.0562 e. The number of hydrogen-bond donors (Lipinski definition) is 0. The Kier molecular flexibility index (Phi) is 3.97. The standard InChI is InChI=1S/C34H22N2/c1-2-10-28(11-3-1)35-17-16-26-21-31-30-12-6-7-13-32(30)36(34(31)22-33(26)35)29-15-14-25-18-23-8-4-5-9-24(23)19-27(25)20-29/h1-22H. The average Bonchev–Trinajstić information content (AvgIpc) is 3.49. The van der Waals surface area contributed by atoms with Crippen molar-refractivity contribution in [3.05, 3.63) is 134 Å². The van der Waals surface area contributed by atoms with Crippen LogP contribution in [-0.2, 0) is 0 Å². The SMILES string of the molecule is c1ccc(-n2ccc3cc4c5ccccc5n(-c5ccc6cc7ccccc7cc6c5)c4cc32)cc1. The molecule has 0 bridgehead atoms. The lowest BCUT2D eigenvalue weighted by atomic mass is 10.0. The van der Waals surface area contributed by atoms with Gasteiger partial charge in [-0.2, -0.15) is 0 Å². The molecule has 0 spiro atoms. The van der Waals surface area contributed by atoms with Gasteiger partial charge in [-0.1, -0.05) is 66.7 Å². The molecule has 2 heterocycles. The van der Waals surface area contributed by atoms with Gasteiger partial charge in [0.1, 0.15) is 0 Å². The number of fused-ring (bicyclic) bond motifs is 6. The summed E-state index contributed by atoms with van der Waals surface area (Å²) in [6, 6.07) is 46.2. The number of aromatic nitrogens is 2. The van der Waals surface area contributed by atoms with Gasteiger partial charge < -0.3 is 9.13 Å². The van der Waals surface area contributed by atoms with Gasteiger partial charge in [0.15, 0.2) is 0 Å². The van der Waals surface area contributed by atoms with Crippen molar-refractivity contribution in [2.45, 2.75) is 0 Å². The molecular weight excluding hydrogens is 436 g/mol. The number of nitrogens with zero attached hydrogens (tertiary/aromatic N) is 2. The smallest absolute Gasteiger partial charge is 0.0562 e. The van der Waals surface area contributed by atoms with Crippen molar-refractivity contribution in [3.8, 4) is 11.4 Å². The lowest BCUT2D eigenvalue weighted by Crippen LogP contribution is -1.95. The predicted octanol–water partition coefficient (Wildman–Crippen LogP) is 9.03. The number of para-hydroxylation sites is 2. The van der Waals surface area contributed by atoms with Crippen LogP contribution in [0.25, 0.3) is 65.6 Å². The van der Waals surface area contributed by atoms with E-state index in [1.165, 1.54) is 65.6 Å². The van der Waals surface area contributed by atoms with Crippen LogP contribution >= 0.6 is 0 Å². The van der Waals surface area contributed by atoms with Gasteiger partial charge in [0.05, 0.1) is 16.6 Å². The molecule has 0 aliphatic heterocycles. The van der Waals surface area contributed by atoms with E-state index in [4.69, 9.17) is 0 Å². The van der Waals surface area contributed by atoms with Crippen molar-refractivity contribution in [1.82, 2.24) is 9.13 Å². The van der Waals surface area contributed by atoms with E-state index in [0.29, 0.717) is 0 Å². The highest BCUT2D eigenvalue weighted by atomic mass is 15.0. The second kappa shape index (κ2) is 7.34. The van der Waals surface area contributed by atoms with Crippen molar-refractivity contribution in [3.63, 3.8) is 0 Å². The van der Waals surface area contributed by atoms with Gasteiger partial charge in [-0.15, -0.1) is 0 Å². The van der Waals surface area contributed by atoms with Crippen molar-refractivity contribution >= 4 is 54.3 Å². The van der Waals surface area contributed by atoms with Gasteiger partial charge in [-0.25, -0.2) is 0 Å². The van der Waals surface area contributed by atoms with Crippen LogP contribution in [0.3, 0.4) is 0 Å². The van der Waals surface area contributed by atoms with E-state index in [9.17, 15) is 0 Å². The molecule has 0 aliphatic carbocycles. The Hall–Kier alpha value is -4.82. The van der Waals surface area contributed by atoms with E-state index in [1.807, 2.05) is 0 Å². The van der Waals surface area contributed by atoms with Crippen LogP contribution in [0.2, 0.25) is 0 Å². The third-order valence-corrected chi connectivity index (χ3v) is 7.46. The number of rotatable bonds is 2. The minimum Gasteiger partial charge on any atom is -0.316 e. The second-order valence-corrected chi connectivity index (χ2v) is 9.53. The monoisotopic (exact) mass is 458 g/mol. The van der Waals surface area contributed by atoms with Crippen LogP contribution in [-0.4, -0.2) is 9.13 Å². The zero-order chi connectivity index (χ0) is 23.6. The molecule has 2 heteroatoms. The Morgan fingerprint density at radius 3 is 1.94 bits per heavy atom. The molecule has 168 valence electrons. The maximum atomic E-state index is 2.42. The number of hydrogen-bond acceptors (Lipinski definition) is 0. The van der Waals surface area contributed by atoms with Gasteiger partial charge in [0.25, 0.3) is 0 Å². The topological polar surface area (TPSA) is 9.86 Å². The van der Waals surface area contributed by atoms with Crippen molar-refractivity contribution in [2.75, 3.05) is 0 Å². The van der Waals surface area contributed by atoms with Crippen molar-refractivity contribution in [1.29, 1.82) is 0 Å². The molecule has 0 aliphatic rings. The molecule has 2 nitrogen and oxygen atoms in total. The molecule has 0 saturated carbocycles. The third kappa shape index (κ3) is 2.79. The summed E-state index contributed by atoms with van der Waals surface area (Å²) in [5.74, 6) is 0. The largest absolute Gasteiger partial charge is 0.316 e. The quantitative estimate of drug-likeness (QED) is 0.229. The Morgan fingerprint density at radius 2 is 1.08 bits per heavy atom. The fourth-order valence-electron chi connectivity index (χ4n) is 5.76. The van der Waals surface area contributed by atoms with Crippen LogP contribution in [0.5, 0.6) is 0 Å². The Balaban J connectivity index is 1.45. The molecule has 2 aromatic heterocycles. The van der Waals surface area contributed by atoms with Crippen LogP contribution in [0.4, 0.5) is 0 Å². The molecular formula is C34H22N2. The first kappa shape index (κ1) is 19.5. The van der Waals surface area contributed by atoms with Crippen LogP contribution in [0.15, 0.2) is 134 Å². The minimum absolute atomic E-state index is 1.17. The van der Waals surface area contributed by atoms with Gasteiger partial charge in [0.2, 0.25) is 0 Å². The van der Waals surface area contributed by atoms with Crippen LogP contribution in [0, 0.1) is 0 Å². The summed E-state index contributed by atoms with van der Waals surface area (Å²) in [6.45, 7) is 0. The molecule has 6 aromatic carbocycles. The van der Waals surface area contributed by atoms with E-state index >= 15 is 0 Å². The molecule has 0 fully saturated rings. The molecule has 0 radical (unpaired) electrons. The molecule has 0 atom stereocenters. The van der Waals surface area contributed by atoms with Crippen LogP contribution in [0.1, 0.15) is 0 Å². The maximum absolute atomic E-state index is 2.42. The summed E-state index contributed by atoms with van der Waals surface area (Å²) in [7, 11) is 0. The lowest BCUT2D eigenvalue weighted by molar-refractivity contribution is 1.13. The molecule has 36 heavy (non-hydrogen) atoms. The van der Waals surface area contributed by atoms with Crippen LogP contribution < -0.4 is 0 Å². The summed E-state index contributed by atoms with van der Waals surface area (Å²) >= 11 is 0. The van der Waals surface area contributed by atoms with E-state index < -0.39 is 0 Å². The molecule has 8 rings (SSSR count). The van der Waals surface area contributed by atoms with Crippen molar-refractivity contribution < 1.29 is 0 Å². The molecule has 0 N–H and O–H groups in total. The Morgan fingerprint density at radius 1 is 0.361 bits per heavy atom. The highest BCUT2D eigenvalue weighted by Crippen LogP contribution is 2.36. The predicted molar refractivity (Wildman–Crippen MR) is 153 cm³/mol. The normalized spacial score (nSPS) is 11.9. The van der Waals surface area contributed by atoms with E-state index in [2.05, 4.69) is 143 Å². The first-order valence-electron chi connectivity index (χ1n) is 12.4. The summed E-state index contributed by atoms with van der Waals surface area (Å²) in [5, 5.41) is 8.87. The molecule has 0 amide bonds. The molecule has 8 aromatic rings. The summed E-state index contributed by atoms with van der Waals surface area (Å²) in [4.78, 5) is 0. The minimum atomic E-state index is 1.17.